The average Bonchev–Trinajstić information content (AvgIpc) is 2.90. The van der Waals surface area contributed by atoms with Crippen LogP contribution in [0.1, 0.15) is 33.6 Å². The lowest BCUT2D eigenvalue weighted by molar-refractivity contribution is -0.125. The number of ether oxygens (including phenoxy) is 1. The van der Waals surface area contributed by atoms with Gasteiger partial charge in [0.25, 0.3) is 0 Å². The summed E-state index contributed by atoms with van der Waals surface area (Å²) >= 11 is 0. The Morgan fingerprint density at radius 1 is 1.20 bits per heavy atom. The molecule has 3 rings (SSSR count). The van der Waals surface area contributed by atoms with E-state index in [0.29, 0.717) is 39.2 Å². The van der Waals surface area contributed by atoms with Crippen LogP contribution in [-0.4, -0.2) is 48.8 Å². The van der Waals surface area contributed by atoms with E-state index in [-0.39, 0.29) is 17.4 Å². The van der Waals surface area contributed by atoms with E-state index in [1.807, 2.05) is 51.1 Å². The van der Waals surface area contributed by atoms with E-state index in [1.165, 1.54) is 0 Å². The molecule has 0 saturated carbocycles. The van der Waals surface area contributed by atoms with Gasteiger partial charge in [-0.25, -0.2) is 4.79 Å². The molecule has 136 valence electrons. The molecule has 6 nitrogen and oxygen atoms in total. The van der Waals surface area contributed by atoms with Crippen LogP contribution in [0.15, 0.2) is 30.3 Å². The molecule has 6 heteroatoms. The number of likely N-dealkylation sites (tertiary alicyclic amines) is 1. The number of hydrogen-bond acceptors (Lipinski definition) is 4. The fourth-order valence-electron chi connectivity index (χ4n) is 3.46. The smallest absolute Gasteiger partial charge is 0.409 e. The maximum atomic E-state index is 12.6. The fourth-order valence-corrected chi connectivity index (χ4v) is 3.46. The van der Waals surface area contributed by atoms with Crippen molar-refractivity contribution >= 4 is 17.7 Å². The number of hydrogen-bond donors (Lipinski definition) is 1. The van der Waals surface area contributed by atoms with E-state index in [2.05, 4.69) is 10.2 Å². The van der Waals surface area contributed by atoms with Crippen molar-refractivity contribution in [2.24, 2.45) is 5.41 Å². The lowest BCUT2D eigenvalue weighted by Gasteiger charge is -2.43. The monoisotopic (exact) mass is 345 g/mol. The van der Waals surface area contributed by atoms with Crippen LogP contribution in [-0.2, 0) is 9.53 Å². The number of rotatable bonds is 2. The number of benzene rings is 1. The summed E-state index contributed by atoms with van der Waals surface area (Å²) in [6.07, 6.45) is 0.936. The molecular formula is C19H27N3O3. The Kier molecular flexibility index (Phi) is 4.62. The summed E-state index contributed by atoms with van der Waals surface area (Å²) in [6, 6.07) is 9.96. The molecule has 25 heavy (non-hydrogen) atoms. The van der Waals surface area contributed by atoms with Crippen molar-refractivity contribution in [3.05, 3.63) is 30.3 Å². The maximum Gasteiger partial charge on any atom is 0.409 e. The molecule has 0 radical (unpaired) electrons. The first-order chi connectivity index (χ1) is 11.8. The summed E-state index contributed by atoms with van der Waals surface area (Å²) in [6.45, 7) is 8.06. The zero-order valence-corrected chi connectivity index (χ0v) is 15.2. The van der Waals surface area contributed by atoms with E-state index < -0.39 is 5.54 Å². The number of carbonyl (C=O) groups is 2. The first-order valence-electron chi connectivity index (χ1n) is 8.85. The maximum absolute atomic E-state index is 12.6. The normalized spacial score (nSPS) is 19.9. The Balaban J connectivity index is 1.67. The Morgan fingerprint density at radius 2 is 1.84 bits per heavy atom. The van der Waals surface area contributed by atoms with E-state index in [4.69, 9.17) is 4.74 Å². The quantitative estimate of drug-likeness (QED) is 0.895. The highest BCUT2D eigenvalue weighted by molar-refractivity contribution is 5.93. The van der Waals surface area contributed by atoms with Crippen LogP contribution in [0.3, 0.4) is 0 Å². The number of nitrogens with zero attached hydrogens (tertiary/aromatic N) is 2. The van der Waals surface area contributed by atoms with E-state index in [9.17, 15) is 9.59 Å². The van der Waals surface area contributed by atoms with Gasteiger partial charge in [0, 0.05) is 18.8 Å². The second kappa shape index (κ2) is 6.58. The summed E-state index contributed by atoms with van der Waals surface area (Å²) in [5, 5.41) is 2.97. The first kappa shape index (κ1) is 17.6. The van der Waals surface area contributed by atoms with Gasteiger partial charge in [0.15, 0.2) is 0 Å². The molecular weight excluding hydrogens is 318 g/mol. The number of carbonyl (C=O) groups excluding carboxylic acids is 2. The number of para-hydroxylation sites is 1. The Labute approximate surface area is 149 Å². The number of piperidine rings is 1. The topological polar surface area (TPSA) is 61.9 Å². The molecule has 2 heterocycles. The summed E-state index contributed by atoms with van der Waals surface area (Å²) in [7, 11) is 0. The van der Waals surface area contributed by atoms with Gasteiger partial charge in [-0.05, 0) is 30.4 Å². The second-order valence-electron chi connectivity index (χ2n) is 8.06. The molecule has 1 aromatic carbocycles. The van der Waals surface area contributed by atoms with Gasteiger partial charge in [-0.15, -0.1) is 0 Å². The highest BCUT2D eigenvalue weighted by atomic mass is 16.6. The highest BCUT2D eigenvalue weighted by Gasteiger charge is 2.51. The van der Waals surface area contributed by atoms with Gasteiger partial charge < -0.3 is 19.9 Å². The third kappa shape index (κ3) is 3.57. The van der Waals surface area contributed by atoms with Crippen LogP contribution in [0.2, 0.25) is 0 Å². The van der Waals surface area contributed by atoms with Crippen LogP contribution < -0.4 is 10.2 Å². The van der Waals surface area contributed by atoms with Gasteiger partial charge in [0.05, 0.1) is 13.3 Å². The van der Waals surface area contributed by atoms with Crippen LogP contribution in [0.25, 0.3) is 0 Å². The third-order valence-electron chi connectivity index (χ3n) is 4.88. The van der Waals surface area contributed by atoms with Crippen molar-refractivity contribution < 1.29 is 14.3 Å². The van der Waals surface area contributed by atoms with Gasteiger partial charge in [-0.1, -0.05) is 39.0 Å². The minimum Gasteiger partial charge on any atom is -0.449 e. The highest BCUT2D eigenvalue weighted by Crippen LogP contribution is 2.36. The predicted molar refractivity (Wildman–Crippen MR) is 96.3 cm³/mol. The van der Waals surface area contributed by atoms with Gasteiger partial charge in [-0.3, -0.25) is 4.79 Å². The van der Waals surface area contributed by atoms with E-state index in [0.717, 1.165) is 5.69 Å². The summed E-state index contributed by atoms with van der Waals surface area (Å²) in [5.41, 5.74) is 0.411. The molecule has 2 saturated heterocycles. The molecule has 1 N–H and O–H groups in total. The molecule has 0 aliphatic carbocycles. The van der Waals surface area contributed by atoms with Gasteiger partial charge >= 0.3 is 6.09 Å². The minimum absolute atomic E-state index is 0.0535. The number of amides is 2. The molecule has 0 atom stereocenters. The Morgan fingerprint density at radius 3 is 2.44 bits per heavy atom. The van der Waals surface area contributed by atoms with Crippen LogP contribution >= 0.6 is 0 Å². The van der Waals surface area contributed by atoms with Crippen LogP contribution in [0.5, 0.6) is 0 Å². The van der Waals surface area contributed by atoms with Crippen LogP contribution in [0, 0.1) is 5.41 Å². The molecule has 0 bridgehead atoms. The third-order valence-corrected chi connectivity index (χ3v) is 4.88. The number of nitrogens with one attached hydrogen (secondary N) is 1. The van der Waals surface area contributed by atoms with Gasteiger partial charge in [0.1, 0.15) is 5.54 Å². The molecule has 1 aromatic rings. The van der Waals surface area contributed by atoms with Crippen molar-refractivity contribution in [2.75, 3.05) is 31.3 Å². The van der Waals surface area contributed by atoms with Crippen molar-refractivity contribution in [2.45, 2.75) is 39.2 Å². The lowest BCUT2D eigenvalue weighted by atomic mass is 9.86. The Bertz CT molecular complexity index is 631. The second-order valence-corrected chi connectivity index (χ2v) is 8.06. The zero-order chi connectivity index (χ0) is 18.1. The van der Waals surface area contributed by atoms with E-state index in [1.54, 1.807) is 4.90 Å². The number of anilines is 1. The fraction of sp³-hybridized carbons (Fsp3) is 0.579. The molecule has 2 fully saturated rings. The standard InChI is InChI=1S/C19H27N3O3/c1-18(2,3)13-25-17(24)21-11-9-19(10-12-21)16(23)20-14-22(19)15-7-5-4-6-8-15/h4-8H,9-14H2,1-3H3,(H,20,23). The van der Waals surface area contributed by atoms with E-state index >= 15 is 0 Å². The molecule has 2 aliphatic rings. The molecule has 0 aromatic heterocycles. The van der Waals surface area contributed by atoms with Crippen molar-refractivity contribution in [3.63, 3.8) is 0 Å². The SMILES string of the molecule is CC(C)(C)COC(=O)N1CCC2(CC1)C(=O)NCN2c1ccccc1. The lowest BCUT2D eigenvalue weighted by Crippen LogP contribution is -2.57. The molecule has 0 unspecified atom stereocenters. The first-order valence-corrected chi connectivity index (χ1v) is 8.85. The summed E-state index contributed by atoms with van der Waals surface area (Å²) in [5.74, 6) is 0.0547. The van der Waals surface area contributed by atoms with Gasteiger partial charge in [0.2, 0.25) is 5.91 Å². The molecule has 1 spiro atoms. The summed E-state index contributed by atoms with van der Waals surface area (Å²) in [4.78, 5) is 28.7. The predicted octanol–water partition coefficient (Wildman–Crippen LogP) is 2.60. The Hall–Kier alpha value is -2.24. The minimum atomic E-state index is -0.567. The van der Waals surface area contributed by atoms with Crippen molar-refractivity contribution in [1.82, 2.24) is 10.2 Å². The molecule has 2 aliphatic heterocycles. The summed E-state index contributed by atoms with van der Waals surface area (Å²) < 4.78 is 5.41. The molecule has 2 amide bonds. The van der Waals surface area contributed by atoms with Gasteiger partial charge in [-0.2, -0.15) is 0 Å². The largest absolute Gasteiger partial charge is 0.449 e. The van der Waals surface area contributed by atoms with Crippen LogP contribution in [0.4, 0.5) is 10.5 Å². The zero-order valence-electron chi connectivity index (χ0n) is 15.2. The van der Waals surface area contributed by atoms with Crippen molar-refractivity contribution in [1.29, 1.82) is 0 Å². The van der Waals surface area contributed by atoms with Crippen molar-refractivity contribution in [3.8, 4) is 0 Å². The average molecular weight is 345 g/mol.